The number of hydrogen-bond acceptors (Lipinski definition) is 3. The minimum absolute atomic E-state index is 0.986. The van der Waals surface area contributed by atoms with Crippen LogP contribution in [0.1, 0.15) is 19.3 Å². The Hall–Kier alpha value is -1.84. The predicted molar refractivity (Wildman–Crippen MR) is 93.3 cm³/mol. The molecule has 1 saturated heterocycles. The number of nitrogens with one attached hydrogen (secondary N) is 1. The van der Waals surface area contributed by atoms with E-state index in [4.69, 9.17) is 0 Å². The van der Waals surface area contributed by atoms with Gasteiger partial charge in [0.2, 0.25) is 0 Å². The Bertz CT molecular complexity index is 496. The fourth-order valence-corrected chi connectivity index (χ4v) is 2.99. The number of nitrogens with zero attached hydrogens (tertiary/aromatic N) is 2. The maximum atomic E-state index is 3.58. The SMILES string of the molecule is c1ccc(N(NCCCN2CCCC2)c2ccccc2)cc1. The summed E-state index contributed by atoms with van der Waals surface area (Å²) in [5.41, 5.74) is 5.93. The number of hydrazine groups is 1. The number of benzene rings is 2. The summed E-state index contributed by atoms with van der Waals surface area (Å²) in [6.07, 6.45) is 3.91. The molecule has 1 fully saturated rings. The third kappa shape index (κ3) is 4.09. The fraction of sp³-hybridized carbons (Fsp3) is 0.368. The molecule has 0 saturated carbocycles. The van der Waals surface area contributed by atoms with E-state index in [1.807, 2.05) is 0 Å². The Morgan fingerprint density at radius 3 is 1.91 bits per heavy atom. The van der Waals surface area contributed by atoms with E-state index >= 15 is 0 Å². The Morgan fingerprint density at radius 2 is 1.36 bits per heavy atom. The minimum Gasteiger partial charge on any atom is -0.303 e. The van der Waals surface area contributed by atoms with Crippen molar-refractivity contribution in [2.75, 3.05) is 31.2 Å². The molecular weight excluding hydrogens is 270 g/mol. The zero-order valence-electron chi connectivity index (χ0n) is 13.1. The summed E-state index contributed by atoms with van der Waals surface area (Å²) in [5, 5.41) is 2.18. The summed E-state index contributed by atoms with van der Waals surface area (Å²) in [6, 6.07) is 21.0. The van der Waals surface area contributed by atoms with Crippen molar-refractivity contribution in [3.05, 3.63) is 60.7 Å². The van der Waals surface area contributed by atoms with Gasteiger partial charge in [0.05, 0.1) is 11.4 Å². The van der Waals surface area contributed by atoms with Crippen LogP contribution >= 0.6 is 0 Å². The molecule has 1 aliphatic heterocycles. The number of hydrogen-bond donors (Lipinski definition) is 1. The first kappa shape index (κ1) is 15.1. The molecule has 116 valence electrons. The van der Waals surface area contributed by atoms with E-state index in [-0.39, 0.29) is 0 Å². The quantitative estimate of drug-likeness (QED) is 0.619. The van der Waals surface area contributed by atoms with Crippen LogP contribution in [-0.2, 0) is 0 Å². The molecule has 22 heavy (non-hydrogen) atoms. The van der Waals surface area contributed by atoms with E-state index in [9.17, 15) is 0 Å². The number of anilines is 2. The molecule has 3 heteroatoms. The summed E-state index contributed by atoms with van der Waals surface area (Å²) in [4.78, 5) is 2.57. The maximum Gasteiger partial charge on any atom is 0.0577 e. The molecule has 0 bridgehead atoms. The number of para-hydroxylation sites is 2. The van der Waals surface area contributed by atoms with Crippen molar-refractivity contribution in [1.82, 2.24) is 10.3 Å². The second kappa shape index (κ2) is 7.97. The molecule has 1 aliphatic rings. The molecule has 0 unspecified atom stereocenters. The molecule has 0 radical (unpaired) electrons. The van der Waals surface area contributed by atoms with Crippen LogP contribution in [-0.4, -0.2) is 31.1 Å². The lowest BCUT2D eigenvalue weighted by Gasteiger charge is -2.26. The van der Waals surface area contributed by atoms with Gasteiger partial charge < -0.3 is 4.90 Å². The highest BCUT2D eigenvalue weighted by atomic mass is 15.5. The first-order valence-electron chi connectivity index (χ1n) is 8.29. The largest absolute Gasteiger partial charge is 0.303 e. The highest BCUT2D eigenvalue weighted by Crippen LogP contribution is 2.22. The zero-order chi connectivity index (χ0) is 15.0. The topological polar surface area (TPSA) is 18.5 Å². The second-order valence-corrected chi connectivity index (χ2v) is 5.82. The van der Waals surface area contributed by atoms with E-state index in [1.54, 1.807) is 0 Å². The van der Waals surface area contributed by atoms with Gasteiger partial charge in [0.25, 0.3) is 0 Å². The molecule has 0 atom stereocenters. The van der Waals surface area contributed by atoms with Crippen molar-refractivity contribution in [2.24, 2.45) is 0 Å². The van der Waals surface area contributed by atoms with Crippen LogP contribution in [0.5, 0.6) is 0 Å². The minimum atomic E-state index is 0.986. The van der Waals surface area contributed by atoms with Crippen LogP contribution in [0.4, 0.5) is 11.4 Å². The molecule has 0 spiro atoms. The second-order valence-electron chi connectivity index (χ2n) is 5.82. The van der Waals surface area contributed by atoms with Crippen molar-refractivity contribution < 1.29 is 0 Å². The first-order valence-corrected chi connectivity index (χ1v) is 8.29. The Balaban J connectivity index is 1.59. The Morgan fingerprint density at radius 1 is 0.818 bits per heavy atom. The van der Waals surface area contributed by atoms with Crippen molar-refractivity contribution in [3.8, 4) is 0 Å². The predicted octanol–water partition coefficient (Wildman–Crippen LogP) is 3.82. The Kier molecular flexibility index (Phi) is 5.46. The molecule has 1 heterocycles. The van der Waals surface area contributed by atoms with Gasteiger partial charge in [-0.1, -0.05) is 36.4 Å². The Labute approximate surface area is 133 Å². The first-order chi connectivity index (χ1) is 10.9. The molecule has 0 aromatic heterocycles. The molecule has 2 aromatic rings. The van der Waals surface area contributed by atoms with Crippen LogP contribution < -0.4 is 10.4 Å². The fourth-order valence-electron chi connectivity index (χ4n) is 2.99. The average Bonchev–Trinajstić information content (AvgIpc) is 3.10. The molecular formula is C19H25N3. The number of likely N-dealkylation sites (tertiary alicyclic amines) is 1. The maximum absolute atomic E-state index is 3.58. The normalized spacial score (nSPS) is 15.1. The van der Waals surface area contributed by atoms with Crippen LogP contribution in [0.25, 0.3) is 0 Å². The molecule has 3 nitrogen and oxygen atoms in total. The molecule has 1 N–H and O–H groups in total. The molecule has 0 aliphatic carbocycles. The van der Waals surface area contributed by atoms with Crippen molar-refractivity contribution in [1.29, 1.82) is 0 Å². The summed E-state index contributed by atoms with van der Waals surface area (Å²) in [6.45, 7) is 4.74. The van der Waals surface area contributed by atoms with Crippen LogP contribution in [0.2, 0.25) is 0 Å². The van der Waals surface area contributed by atoms with E-state index in [2.05, 4.69) is 76.0 Å². The highest BCUT2D eigenvalue weighted by molar-refractivity contribution is 5.61. The van der Waals surface area contributed by atoms with Gasteiger partial charge in [-0.2, -0.15) is 0 Å². The van der Waals surface area contributed by atoms with Gasteiger partial charge in [0.15, 0.2) is 0 Å². The van der Waals surface area contributed by atoms with Gasteiger partial charge in [-0.05, 0) is 63.2 Å². The van der Waals surface area contributed by atoms with E-state index in [0.717, 1.165) is 6.54 Å². The van der Waals surface area contributed by atoms with Crippen LogP contribution in [0.15, 0.2) is 60.7 Å². The van der Waals surface area contributed by atoms with Crippen molar-refractivity contribution in [3.63, 3.8) is 0 Å². The summed E-state index contributed by atoms with van der Waals surface area (Å²) in [5.74, 6) is 0. The lowest BCUT2D eigenvalue weighted by atomic mass is 10.2. The van der Waals surface area contributed by atoms with Crippen molar-refractivity contribution >= 4 is 11.4 Å². The third-order valence-electron chi connectivity index (χ3n) is 4.15. The van der Waals surface area contributed by atoms with Gasteiger partial charge in [-0.3, -0.25) is 5.01 Å². The van der Waals surface area contributed by atoms with Gasteiger partial charge >= 0.3 is 0 Å². The van der Waals surface area contributed by atoms with E-state index in [1.165, 1.54) is 50.3 Å². The molecule has 0 amide bonds. The van der Waals surface area contributed by atoms with Gasteiger partial charge in [0.1, 0.15) is 0 Å². The van der Waals surface area contributed by atoms with Crippen LogP contribution in [0.3, 0.4) is 0 Å². The monoisotopic (exact) mass is 295 g/mol. The summed E-state index contributed by atoms with van der Waals surface area (Å²) in [7, 11) is 0. The average molecular weight is 295 g/mol. The van der Waals surface area contributed by atoms with Gasteiger partial charge in [-0.15, -0.1) is 0 Å². The van der Waals surface area contributed by atoms with Crippen LogP contribution in [0, 0.1) is 0 Å². The van der Waals surface area contributed by atoms with Crippen molar-refractivity contribution in [2.45, 2.75) is 19.3 Å². The van der Waals surface area contributed by atoms with Gasteiger partial charge in [0, 0.05) is 6.54 Å². The standard InChI is InChI=1S/C19H25N3/c1-3-10-18(11-4-1)22(19-12-5-2-6-13-19)20-14-9-17-21-15-7-8-16-21/h1-6,10-13,20H,7-9,14-17H2. The van der Waals surface area contributed by atoms with Gasteiger partial charge in [-0.25, -0.2) is 5.43 Å². The lowest BCUT2D eigenvalue weighted by Crippen LogP contribution is -2.36. The highest BCUT2D eigenvalue weighted by Gasteiger charge is 2.11. The smallest absolute Gasteiger partial charge is 0.0577 e. The van der Waals surface area contributed by atoms with E-state index < -0.39 is 0 Å². The molecule has 2 aromatic carbocycles. The third-order valence-corrected chi connectivity index (χ3v) is 4.15. The van der Waals surface area contributed by atoms with E-state index in [0.29, 0.717) is 0 Å². The summed E-state index contributed by atoms with van der Waals surface area (Å²) >= 11 is 0. The summed E-state index contributed by atoms with van der Waals surface area (Å²) < 4.78 is 0. The number of rotatable bonds is 7. The molecule has 3 rings (SSSR count). The lowest BCUT2D eigenvalue weighted by molar-refractivity contribution is 0.331. The zero-order valence-corrected chi connectivity index (χ0v) is 13.1.